The minimum atomic E-state index is 0.721. The van der Waals surface area contributed by atoms with Gasteiger partial charge in [-0.05, 0) is 71.3 Å². The van der Waals surface area contributed by atoms with E-state index in [0.29, 0.717) is 0 Å². The average molecular weight is 337 g/mol. The first-order valence-electron chi connectivity index (χ1n) is 8.01. The quantitative estimate of drug-likeness (QED) is 0.904. The van der Waals surface area contributed by atoms with Crippen LogP contribution in [0.15, 0.2) is 22.7 Å². The highest BCUT2D eigenvalue weighted by Crippen LogP contribution is 2.39. The number of nitrogens with zero attached hydrogens (tertiary/aromatic N) is 1. The zero-order valence-electron chi connectivity index (χ0n) is 12.2. The molecule has 20 heavy (non-hydrogen) atoms. The Labute approximate surface area is 130 Å². The van der Waals surface area contributed by atoms with Crippen molar-refractivity contribution in [3.05, 3.63) is 28.2 Å². The van der Waals surface area contributed by atoms with Gasteiger partial charge in [-0.25, -0.2) is 0 Å². The van der Waals surface area contributed by atoms with Crippen LogP contribution in [0.3, 0.4) is 0 Å². The van der Waals surface area contributed by atoms with Crippen molar-refractivity contribution in [3.63, 3.8) is 0 Å². The number of rotatable bonds is 3. The summed E-state index contributed by atoms with van der Waals surface area (Å²) in [4.78, 5) is 2.59. The van der Waals surface area contributed by atoms with Crippen LogP contribution in [0.25, 0.3) is 0 Å². The highest BCUT2D eigenvalue weighted by molar-refractivity contribution is 9.10. The number of hydrogen-bond donors (Lipinski definition) is 1. The first kappa shape index (κ1) is 14.4. The fourth-order valence-electron chi connectivity index (χ4n) is 3.95. The van der Waals surface area contributed by atoms with E-state index in [9.17, 15) is 0 Å². The molecule has 1 saturated carbocycles. The number of anilines is 1. The summed E-state index contributed by atoms with van der Waals surface area (Å²) in [6.07, 6.45) is 8.13. The predicted octanol–water partition coefficient (Wildman–Crippen LogP) is 3.97. The Balaban J connectivity index is 1.72. The second-order valence-electron chi connectivity index (χ2n) is 6.36. The third-order valence-electron chi connectivity index (χ3n) is 5.08. The number of halogens is 1. The van der Waals surface area contributed by atoms with Gasteiger partial charge >= 0.3 is 0 Å². The van der Waals surface area contributed by atoms with Gasteiger partial charge in [-0.1, -0.05) is 25.3 Å². The summed E-state index contributed by atoms with van der Waals surface area (Å²) in [6, 6.07) is 6.76. The molecule has 2 N–H and O–H groups in total. The molecule has 3 rings (SSSR count). The molecule has 1 aromatic carbocycles. The average Bonchev–Trinajstić information content (AvgIpc) is 2.47. The highest BCUT2D eigenvalue weighted by Gasteiger charge is 2.31. The molecular formula is C17H25BrN2. The summed E-state index contributed by atoms with van der Waals surface area (Å²) in [5.41, 5.74) is 8.34. The molecule has 0 bridgehead atoms. The predicted molar refractivity (Wildman–Crippen MR) is 89.2 cm³/mol. The van der Waals surface area contributed by atoms with Gasteiger partial charge in [-0.2, -0.15) is 0 Å². The highest BCUT2D eigenvalue weighted by atomic mass is 79.9. The summed E-state index contributed by atoms with van der Waals surface area (Å²) in [7, 11) is 0. The molecule has 0 radical (unpaired) electrons. The van der Waals surface area contributed by atoms with Gasteiger partial charge in [0.15, 0.2) is 0 Å². The molecule has 0 amide bonds. The smallest absolute Gasteiger partial charge is 0.0510 e. The van der Waals surface area contributed by atoms with Crippen LogP contribution in [0, 0.1) is 11.8 Å². The Morgan fingerprint density at radius 1 is 1.15 bits per heavy atom. The number of nitrogens with two attached hydrogens (primary N) is 1. The summed E-state index contributed by atoms with van der Waals surface area (Å²) < 4.78 is 1.23. The lowest BCUT2D eigenvalue weighted by atomic mass is 9.75. The molecule has 2 nitrogen and oxygen atoms in total. The lowest BCUT2D eigenvalue weighted by Gasteiger charge is -2.42. The van der Waals surface area contributed by atoms with Crippen LogP contribution in [-0.4, -0.2) is 19.6 Å². The van der Waals surface area contributed by atoms with E-state index >= 15 is 0 Å². The molecule has 3 heteroatoms. The topological polar surface area (TPSA) is 29.3 Å². The molecule has 0 aromatic heterocycles. The number of piperidine rings is 1. The molecule has 2 unspecified atom stereocenters. The maximum absolute atomic E-state index is 5.64. The standard InChI is InChI=1S/C17H25BrN2/c18-16-11-13(7-9-19)5-6-17(16)20-10-8-14-3-1-2-4-15(14)12-20/h5-6,11,14-15H,1-4,7-10,12,19H2. The van der Waals surface area contributed by atoms with Crippen LogP contribution in [0.4, 0.5) is 5.69 Å². The molecule has 1 aliphatic heterocycles. The van der Waals surface area contributed by atoms with Crippen LogP contribution < -0.4 is 10.6 Å². The maximum atomic E-state index is 5.64. The zero-order chi connectivity index (χ0) is 13.9. The van der Waals surface area contributed by atoms with Gasteiger partial charge in [0.2, 0.25) is 0 Å². The minimum Gasteiger partial charge on any atom is -0.370 e. The summed E-state index contributed by atoms with van der Waals surface area (Å²) >= 11 is 3.76. The lowest BCUT2D eigenvalue weighted by molar-refractivity contribution is 0.202. The number of fused-ring (bicyclic) bond motifs is 1. The van der Waals surface area contributed by atoms with Crippen LogP contribution in [0.5, 0.6) is 0 Å². The molecule has 2 atom stereocenters. The van der Waals surface area contributed by atoms with Crippen LogP contribution in [0.2, 0.25) is 0 Å². The van der Waals surface area contributed by atoms with Crippen molar-refractivity contribution in [3.8, 4) is 0 Å². The number of hydrogen-bond acceptors (Lipinski definition) is 2. The Morgan fingerprint density at radius 2 is 1.95 bits per heavy atom. The second kappa shape index (κ2) is 6.48. The van der Waals surface area contributed by atoms with Crippen molar-refractivity contribution in [2.45, 2.75) is 38.5 Å². The van der Waals surface area contributed by atoms with Gasteiger partial charge in [0, 0.05) is 17.6 Å². The second-order valence-corrected chi connectivity index (χ2v) is 7.22. The summed E-state index contributed by atoms with van der Waals surface area (Å²) in [5.74, 6) is 1.92. The molecule has 110 valence electrons. The number of benzene rings is 1. The molecule has 1 heterocycles. The molecule has 1 aromatic rings. The van der Waals surface area contributed by atoms with Crippen molar-refractivity contribution in [1.82, 2.24) is 0 Å². The maximum Gasteiger partial charge on any atom is 0.0510 e. The third-order valence-corrected chi connectivity index (χ3v) is 5.71. The SMILES string of the molecule is NCCc1ccc(N2CCC3CCCCC3C2)c(Br)c1. The van der Waals surface area contributed by atoms with Crippen LogP contribution >= 0.6 is 15.9 Å². The van der Waals surface area contributed by atoms with Gasteiger partial charge in [-0.3, -0.25) is 0 Å². The molecular weight excluding hydrogens is 312 g/mol. The largest absolute Gasteiger partial charge is 0.370 e. The molecule has 0 spiro atoms. The summed E-state index contributed by atoms with van der Waals surface area (Å²) in [5, 5.41) is 0. The van der Waals surface area contributed by atoms with Gasteiger partial charge in [0.25, 0.3) is 0 Å². The molecule has 1 aliphatic carbocycles. The molecule has 1 saturated heterocycles. The van der Waals surface area contributed by atoms with Gasteiger partial charge in [0.05, 0.1) is 5.69 Å². The van der Waals surface area contributed by atoms with E-state index in [4.69, 9.17) is 5.73 Å². The Kier molecular flexibility index (Phi) is 4.67. The van der Waals surface area contributed by atoms with Crippen molar-refractivity contribution in [1.29, 1.82) is 0 Å². The Hall–Kier alpha value is -0.540. The van der Waals surface area contributed by atoms with Gasteiger partial charge < -0.3 is 10.6 Å². The molecule has 2 aliphatic rings. The van der Waals surface area contributed by atoms with Gasteiger partial charge in [-0.15, -0.1) is 0 Å². The summed E-state index contributed by atoms with van der Waals surface area (Å²) in [6.45, 7) is 3.19. The van der Waals surface area contributed by atoms with Crippen molar-refractivity contribution >= 4 is 21.6 Å². The van der Waals surface area contributed by atoms with E-state index in [1.807, 2.05) is 0 Å². The minimum absolute atomic E-state index is 0.721. The van der Waals surface area contributed by atoms with E-state index in [1.54, 1.807) is 0 Å². The normalized spacial score (nSPS) is 26.4. The van der Waals surface area contributed by atoms with Gasteiger partial charge in [0.1, 0.15) is 0 Å². The van der Waals surface area contributed by atoms with E-state index in [1.165, 1.54) is 60.9 Å². The fourth-order valence-corrected chi connectivity index (χ4v) is 4.63. The van der Waals surface area contributed by atoms with Crippen molar-refractivity contribution in [2.24, 2.45) is 17.6 Å². The van der Waals surface area contributed by atoms with E-state index in [2.05, 4.69) is 39.0 Å². The van der Waals surface area contributed by atoms with Crippen molar-refractivity contribution < 1.29 is 0 Å². The first-order valence-corrected chi connectivity index (χ1v) is 8.80. The monoisotopic (exact) mass is 336 g/mol. The van der Waals surface area contributed by atoms with E-state index in [-0.39, 0.29) is 0 Å². The third kappa shape index (κ3) is 3.04. The zero-order valence-corrected chi connectivity index (χ0v) is 13.7. The van der Waals surface area contributed by atoms with Crippen LogP contribution in [-0.2, 0) is 6.42 Å². The fraction of sp³-hybridized carbons (Fsp3) is 0.647. The van der Waals surface area contributed by atoms with Crippen LogP contribution in [0.1, 0.15) is 37.7 Å². The Bertz CT molecular complexity index is 460. The van der Waals surface area contributed by atoms with E-state index in [0.717, 1.165) is 24.8 Å². The first-order chi connectivity index (χ1) is 9.78. The Morgan fingerprint density at radius 3 is 2.70 bits per heavy atom. The lowest BCUT2D eigenvalue weighted by Crippen LogP contribution is -2.42. The van der Waals surface area contributed by atoms with Crippen molar-refractivity contribution in [2.75, 3.05) is 24.5 Å². The van der Waals surface area contributed by atoms with E-state index < -0.39 is 0 Å². The molecule has 2 fully saturated rings.